The molecule has 0 bridgehead atoms. The van der Waals surface area contributed by atoms with E-state index in [-0.39, 0.29) is 19.8 Å². The fourth-order valence-corrected chi connectivity index (χ4v) is 0.821. The van der Waals surface area contributed by atoms with Gasteiger partial charge in [0.05, 0.1) is 19.6 Å². The number of hydrogen-bond donors (Lipinski definition) is 2. The Morgan fingerprint density at radius 3 is 2.43 bits per heavy atom. The van der Waals surface area contributed by atoms with Gasteiger partial charge in [0.15, 0.2) is 0 Å². The van der Waals surface area contributed by atoms with Gasteiger partial charge >= 0.3 is 6.18 Å². The maximum atomic E-state index is 11.6. The van der Waals surface area contributed by atoms with Crippen LogP contribution in [0.25, 0.3) is 0 Å². The van der Waals surface area contributed by atoms with E-state index in [1.807, 2.05) is 0 Å². The molecule has 0 atom stereocenters. The maximum Gasteiger partial charge on any atom is 0.390 e. The Morgan fingerprint density at radius 2 is 1.86 bits per heavy atom. The smallest absolute Gasteiger partial charge is 0.390 e. The first-order chi connectivity index (χ1) is 6.56. The van der Waals surface area contributed by atoms with Gasteiger partial charge in [0.2, 0.25) is 0 Å². The second-order valence-electron chi connectivity index (χ2n) is 2.80. The zero-order valence-electron chi connectivity index (χ0n) is 7.94. The summed E-state index contributed by atoms with van der Waals surface area (Å²) in [5, 5.41) is 11.0. The maximum absolute atomic E-state index is 11.6. The van der Waals surface area contributed by atoms with E-state index >= 15 is 0 Å². The quantitative estimate of drug-likeness (QED) is 0.592. The van der Waals surface area contributed by atoms with Crippen molar-refractivity contribution in [2.45, 2.75) is 19.0 Å². The van der Waals surface area contributed by atoms with Gasteiger partial charge in [0.25, 0.3) is 0 Å². The molecule has 3 nitrogen and oxygen atoms in total. The van der Waals surface area contributed by atoms with Crippen molar-refractivity contribution in [2.24, 2.45) is 0 Å². The summed E-state index contributed by atoms with van der Waals surface area (Å²) >= 11 is 0. The Hall–Kier alpha value is -0.330. The fraction of sp³-hybridized carbons (Fsp3) is 1.00. The first-order valence-corrected chi connectivity index (χ1v) is 4.52. The third-order valence-electron chi connectivity index (χ3n) is 1.46. The SMILES string of the molecule is OCCOCCCNCCC(F)(F)F. The van der Waals surface area contributed by atoms with Crippen molar-refractivity contribution in [1.82, 2.24) is 5.32 Å². The van der Waals surface area contributed by atoms with Gasteiger partial charge in [-0.15, -0.1) is 0 Å². The minimum Gasteiger partial charge on any atom is -0.394 e. The molecule has 0 radical (unpaired) electrons. The number of aliphatic hydroxyl groups is 1. The van der Waals surface area contributed by atoms with Crippen molar-refractivity contribution in [1.29, 1.82) is 0 Å². The van der Waals surface area contributed by atoms with Gasteiger partial charge in [0, 0.05) is 13.2 Å². The average Bonchev–Trinajstić information content (AvgIpc) is 2.08. The van der Waals surface area contributed by atoms with Crippen LogP contribution in [0.4, 0.5) is 13.2 Å². The topological polar surface area (TPSA) is 41.5 Å². The normalized spacial score (nSPS) is 12.0. The van der Waals surface area contributed by atoms with Crippen LogP contribution in [0.3, 0.4) is 0 Å². The molecule has 0 aromatic carbocycles. The van der Waals surface area contributed by atoms with Crippen molar-refractivity contribution in [2.75, 3.05) is 32.9 Å². The van der Waals surface area contributed by atoms with Crippen molar-refractivity contribution in [3.63, 3.8) is 0 Å². The van der Waals surface area contributed by atoms with E-state index in [9.17, 15) is 13.2 Å². The number of rotatable bonds is 8. The zero-order valence-corrected chi connectivity index (χ0v) is 7.94. The Labute approximate surface area is 81.2 Å². The second kappa shape index (κ2) is 8.02. The van der Waals surface area contributed by atoms with E-state index in [0.717, 1.165) is 0 Å². The van der Waals surface area contributed by atoms with Crippen LogP contribution in [-0.2, 0) is 4.74 Å². The number of alkyl halides is 3. The first kappa shape index (κ1) is 13.7. The predicted molar refractivity (Wildman–Crippen MR) is 46.1 cm³/mol. The van der Waals surface area contributed by atoms with Crippen molar-refractivity contribution in [3.8, 4) is 0 Å². The zero-order chi connectivity index (χ0) is 10.9. The summed E-state index contributed by atoms with van der Waals surface area (Å²) in [6.07, 6.45) is -4.23. The van der Waals surface area contributed by atoms with Gasteiger partial charge in [-0.3, -0.25) is 0 Å². The molecule has 0 amide bonds. The van der Waals surface area contributed by atoms with Crippen LogP contribution in [0.15, 0.2) is 0 Å². The molecule has 14 heavy (non-hydrogen) atoms. The number of aliphatic hydroxyl groups excluding tert-OH is 1. The van der Waals surface area contributed by atoms with Crippen LogP contribution in [0.2, 0.25) is 0 Å². The lowest BCUT2D eigenvalue weighted by Crippen LogP contribution is -2.23. The monoisotopic (exact) mass is 215 g/mol. The summed E-state index contributed by atoms with van der Waals surface area (Å²) in [5.41, 5.74) is 0. The molecule has 0 aromatic heterocycles. The molecule has 0 heterocycles. The van der Waals surface area contributed by atoms with E-state index < -0.39 is 12.6 Å². The largest absolute Gasteiger partial charge is 0.394 e. The second-order valence-corrected chi connectivity index (χ2v) is 2.80. The van der Waals surface area contributed by atoms with Crippen LogP contribution >= 0.6 is 0 Å². The van der Waals surface area contributed by atoms with E-state index in [1.165, 1.54) is 0 Å². The van der Waals surface area contributed by atoms with Crippen LogP contribution in [0.1, 0.15) is 12.8 Å². The number of ether oxygens (including phenoxy) is 1. The highest BCUT2D eigenvalue weighted by atomic mass is 19.4. The summed E-state index contributed by atoms with van der Waals surface area (Å²) in [5.74, 6) is 0. The molecule has 6 heteroatoms. The predicted octanol–water partition coefficient (Wildman–Crippen LogP) is 0.927. The third kappa shape index (κ3) is 11.7. The molecule has 0 aliphatic rings. The molecule has 0 saturated carbocycles. The highest BCUT2D eigenvalue weighted by Gasteiger charge is 2.25. The highest BCUT2D eigenvalue weighted by molar-refractivity contribution is 4.54. The van der Waals surface area contributed by atoms with Gasteiger partial charge in [-0.1, -0.05) is 0 Å². The van der Waals surface area contributed by atoms with Gasteiger partial charge < -0.3 is 15.2 Å². The number of halogens is 3. The van der Waals surface area contributed by atoms with Crippen LogP contribution in [-0.4, -0.2) is 44.2 Å². The molecule has 0 unspecified atom stereocenters. The lowest BCUT2D eigenvalue weighted by atomic mass is 10.4. The molecule has 0 aliphatic heterocycles. The van der Waals surface area contributed by atoms with Crippen molar-refractivity contribution in [3.05, 3.63) is 0 Å². The summed E-state index contributed by atoms with van der Waals surface area (Å²) in [7, 11) is 0. The standard InChI is InChI=1S/C8H16F3NO2/c9-8(10,11)2-4-12-3-1-6-14-7-5-13/h12-13H,1-7H2. The lowest BCUT2D eigenvalue weighted by Gasteiger charge is -2.07. The van der Waals surface area contributed by atoms with Crippen LogP contribution in [0, 0.1) is 0 Å². The van der Waals surface area contributed by atoms with E-state index in [1.54, 1.807) is 0 Å². The van der Waals surface area contributed by atoms with Crippen molar-refractivity contribution < 1.29 is 23.0 Å². The highest BCUT2D eigenvalue weighted by Crippen LogP contribution is 2.17. The molecule has 0 aliphatic carbocycles. The molecular formula is C8H16F3NO2. The van der Waals surface area contributed by atoms with Crippen molar-refractivity contribution >= 4 is 0 Å². The molecular weight excluding hydrogens is 199 g/mol. The Kier molecular flexibility index (Phi) is 7.83. The van der Waals surface area contributed by atoms with Gasteiger partial charge in [-0.25, -0.2) is 0 Å². The minimum atomic E-state index is -4.08. The Bertz CT molecular complexity index is 130. The summed E-state index contributed by atoms with van der Waals surface area (Å²) in [6, 6.07) is 0. The molecule has 0 saturated heterocycles. The fourth-order valence-electron chi connectivity index (χ4n) is 0.821. The van der Waals surface area contributed by atoms with Gasteiger partial charge in [-0.05, 0) is 13.0 Å². The molecule has 86 valence electrons. The minimum absolute atomic E-state index is 0.0263. The summed E-state index contributed by atoms with van der Waals surface area (Å²) in [4.78, 5) is 0. The average molecular weight is 215 g/mol. The van der Waals surface area contributed by atoms with Gasteiger partial charge in [-0.2, -0.15) is 13.2 Å². The van der Waals surface area contributed by atoms with E-state index in [0.29, 0.717) is 19.6 Å². The summed E-state index contributed by atoms with van der Waals surface area (Å²) < 4.78 is 39.8. The van der Waals surface area contributed by atoms with Crippen LogP contribution < -0.4 is 5.32 Å². The van der Waals surface area contributed by atoms with E-state index in [2.05, 4.69) is 5.32 Å². The molecule has 0 fully saturated rings. The van der Waals surface area contributed by atoms with Gasteiger partial charge in [0.1, 0.15) is 0 Å². The molecule has 0 aromatic rings. The van der Waals surface area contributed by atoms with E-state index in [4.69, 9.17) is 9.84 Å². The first-order valence-electron chi connectivity index (χ1n) is 4.52. The molecule has 0 spiro atoms. The molecule has 2 N–H and O–H groups in total. The Morgan fingerprint density at radius 1 is 1.14 bits per heavy atom. The third-order valence-corrected chi connectivity index (χ3v) is 1.46. The Balaban J connectivity index is 2.99. The lowest BCUT2D eigenvalue weighted by molar-refractivity contribution is -0.133. The number of nitrogens with one attached hydrogen (secondary N) is 1. The number of hydrogen-bond acceptors (Lipinski definition) is 3. The summed E-state index contributed by atoms with van der Waals surface area (Å²) in [6.45, 7) is 1.16. The van der Waals surface area contributed by atoms with Crippen LogP contribution in [0.5, 0.6) is 0 Å². The molecule has 0 rings (SSSR count).